The molecule has 0 aliphatic heterocycles. The number of benzene rings is 1. The van der Waals surface area contributed by atoms with Crippen LogP contribution in [-0.2, 0) is 6.54 Å². The van der Waals surface area contributed by atoms with E-state index in [0.717, 1.165) is 18.2 Å². The Kier molecular flexibility index (Phi) is 4.44. The smallest absolute Gasteiger partial charge is 0.123 e. The Labute approximate surface area is 129 Å². The third kappa shape index (κ3) is 3.08. The van der Waals surface area contributed by atoms with Crippen LogP contribution in [0.15, 0.2) is 29.2 Å². The molecule has 4 heteroatoms. The van der Waals surface area contributed by atoms with E-state index >= 15 is 0 Å². The number of aromatic nitrogens is 1. The van der Waals surface area contributed by atoms with E-state index in [-0.39, 0.29) is 0 Å². The molecule has 2 aromatic rings. The molecule has 0 atom stereocenters. The zero-order valence-electron chi connectivity index (χ0n) is 12.0. The van der Waals surface area contributed by atoms with Crippen molar-refractivity contribution in [3.8, 4) is 10.6 Å². The molecule has 1 aromatic heterocycles. The minimum absolute atomic E-state index is 0.721. The summed E-state index contributed by atoms with van der Waals surface area (Å²) < 4.78 is 0. The number of hydrogen-bond donors (Lipinski definition) is 1. The molecule has 0 bridgehead atoms. The van der Waals surface area contributed by atoms with Gasteiger partial charge in [0.15, 0.2) is 0 Å². The average molecular weight is 304 g/mol. The van der Waals surface area contributed by atoms with Gasteiger partial charge in [0.2, 0.25) is 0 Å². The third-order valence-corrected chi connectivity index (χ3v) is 5.46. The number of hydrogen-bond acceptors (Lipinski definition) is 4. The molecule has 0 saturated heterocycles. The van der Waals surface area contributed by atoms with Gasteiger partial charge in [-0.15, -0.1) is 23.1 Å². The minimum Gasteiger partial charge on any atom is -0.315 e. The van der Waals surface area contributed by atoms with Gasteiger partial charge in [-0.2, -0.15) is 0 Å². The number of nitrogens with one attached hydrogen (secondary N) is 1. The van der Waals surface area contributed by atoms with Crippen LogP contribution in [0.3, 0.4) is 0 Å². The van der Waals surface area contributed by atoms with Crippen LogP contribution in [0.1, 0.15) is 36.3 Å². The van der Waals surface area contributed by atoms with Gasteiger partial charge in [-0.1, -0.05) is 19.1 Å². The maximum atomic E-state index is 4.91. The van der Waals surface area contributed by atoms with Crippen molar-refractivity contribution in [2.45, 2.75) is 37.1 Å². The summed E-state index contributed by atoms with van der Waals surface area (Å²) in [4.78, 5) is 7.66. The quantitative estimate of drug-likeness (QED) is 0.794. The molecule has 3 rings (SSSR count). The van der Waals surface area contributed by atoms with Crippen molar-refractivity contribution in [1.82, 2.24) is 10.3 Å². The Bertz CT molecular complexity index is 571. The van der Waals surface area contributed by atoms with Gasteiger partial charge in [0.25, 0.3) is 0 Å². The lowest BCUT2D eigenvalue weighted by molar-refractivity contribution is 0.813. The average Bonchev–Trinajstić information content (AvgIpc) is 3.22. The predicted molar refractivity (Wildman–Crippen MR) is 88.7 cm³/mol. The summed E-state index contributed by atoms with van der Waals surface area (Å²) in [5, 5.41) is 4.44. The molecular weight excluding hydrogens is 284 g/mol. The third-order valence-electron chi connectivity index (χ3n) is 3.44. The van der Waals surface area contributed by atoms with Gasteiger partial charge in [0, 0.05) is 27.8 Å². The van der Waals surface area contributed by atoms with E-state index in [9.17, 15) is 0 Å². The van der Waals surface area contributed by atoms with Crippen LogP contribution >= 0.6 is 23.1 Å². The van der Waals surface area contributed by atoms with Crippen molar-refractivity contribution >= 4 is 23.1 Å². The molecule has 0 amide bonds. The molecule has 1 heterocycles. The standard InChI is InChI=1S/C16H20N2S2/c1-3-19-13-8-6-12(7-9-13)16-18-15(11-4-5-11)14(20-16)10-17-2/h6-9,11,17H,3-5,10H2,1-2H3. The molecule has 2 nitrogen and oxygen atoms in total. The molecule has 1 saturated carbocycles. The molecular formula is C16H20N2S2. The largest absolute Gasteiger partial charge is 0.315 e. The molecule has 20 heavy (non-hydrogen) atoms. The lowest BCUT2D eigenvalue weighted by Crippen LogP contribution is -2.05. The van der Waals surface area contributed by atoms with Crippen LogP contribution in [0, 0.1) is 0 Å². The Hall–Kier alpha value is -0.840. The summed E-state index contributed by atoms with van der Waals surface area (Å²) in [6, 6.07) is 8.83. The molecule has 1 aliphatic rings. The van der Waals surface area contributed by atoms with E-state index in [1.165, 1.54) is 38.9 Å². The Morgan fingerprint density at radius 1 is 1.30 bits per heavy atom. The van der Waals surface area contributed by atoms with Crippen LogP contribution in [0.4, 0.5) is 0 Å². The summed E-state index contributed by atoms with van der Waals surface area (Å²) in [6.07, 6.45) is 2.62. The normalized spacial score (nSPS) is 14.7. The number of thioether (sulfide) groups is 1. The topological polar surface area (TPSA) is 24.9 Å². The van der Waals surface area contributed by atoms with E-state index in [4.69, 9.17) is 4.98 Å². The summed E-state index contributed by atoms with van der Waals surface area (Å²) >= 11 is 3.73. The Balaban J connectivity index is 1.87. The van der Waals surface area contributed by atoms with Gasteiger partial charge in [0.1, 0.15) is 5.01 Å². The van der Waals surface area contributed by atoms with Crippen LogP contribution in [0.25, 0.3) is 10.6 Å². The number of thiazole rings is 1. The second-order valence-corrected chi connectivity index (χ2v) is 7.51. The van der Waals surface area contributed by atoms with Gasteiger partial charge in [-0.25, -0.2) is 4.98 Å². The van der Waals surface area contributed by atoms with Crippen molar-refractivity contribution < 1.29 is 0 Å². The number of nitrogens with zero attached hydrogens (tertiary/aromatic N) is 1. The number of rotatable bonds is 6. The van der Waals surface area contributed by atoms with Crippen LogP contribution in [0.2, 0.25) is 0 Å². The van der Waals surface area contributed by atoms with Crippen molar-refractivity contribution in [3.63, 3.8) is 0 Å². The van der Waals surface area contributed by atoms with E-state index in [1.807, 2.05) is 30.1 Å². The molecule has 106 valence electrons. The van der Waals surface area contributed by atoms with Gasteiger partial charge in [0.05, 0.1) is 5.69 Å². The zero-order chi connectivity index (χ0) is 13.9. The van der Waals surface area contributed by atoms with E-state index in [1.54, 1.807) is 0 Å². The molecule has 1 aliphatic carbocycles. The summed E-state index contributed by atoms with van der Waals surface area (Å²) in [6.45, 7) is 3.12. The van der Waals surface area contributed by atoms with Gasteiger partial charge in [-0.05, 0) is 37.8 Å². The summed E-state index contributed by atoms with van der Waals surface area (Å²) in [5.74, 6) is 1.84. The highest BCUT2D eigenvalue weighted by Gasteiger charge is 2.29. The molecule has 1 fully saturated rings. The minimum atomic E-state index is 0.721. The van der Waals surface area contributed by atoms with Crippen molar-refractivity contribution in [1.29, 1.82) is 0 Å². The first-order chi connectivity index (χ1) is 9.81. The first-order valence-corrected chi connectivity index (χ1v) is 8.99. The van der Waals surface area contributed by atoms with Crippen LogP contribution < -0.4 is 5.32 Å². The zero-order valence-corrected chi connectivity index (χ0v) is 13.6. The lowest BCUT2D eigenvalue weighted by Gasteiger charge is -2.00. The SMILES string of the molecule is CCSc1ccc(-c2nc(C3CC3)c(CNC)s2)cc1. The molecule has 0 unspecified atom stereocenters. The Morgan fingerprint density at radius 2 is 2.05 bits per heavy atom. The van der Waals surface area contributed by atoms with Gasteiger partial charge in [-0.3, -0.25) is 0 Å². The van der Waals surface area contributed by atoms with E-state index in [2.05, 4.69) is 36.5 Å². The fraction of sp³-hybridized carbons (Fsp3) is 0.438. The summed E-state index contributed by atoms with van der Waals surface area (Å²) in [5.41, 5.74) is 2.59. The highest BCUT2D eigenvalue weighted by Crippen LogP contribution is 2.44. The van der Waals surface area contributed by atoms with Crippen LogP contribution in [-0.4, -0.2) is 17.8 Å². The van der Waals surface area contributed by atoms with Gasteiger partial charge < -0.3 is 5.32 Å². The first-order valence-electron chi connectivity index (χ1n) is 7.19. The summed E-state index contributed by atoms with van der Waals surface area (Å²) in [7, 11) is 2.01. The lowest BCUT2D eigenvalue weighted by atomic mass is 10.2. The monoisotopic (exact) mass is 304 g/mol. The highest BCUT2D eigenvalue weighted by molar-refractivity contribution is 7.99. The first kappa shape index (κ1) is 14.1. The van der Waals surface area contributed by atoms with Crippen molar-refractivity contribution in [2.24, 2.45) is 0 Å². The highest BCUT2D eigenvalue weighted by atomic mass is 32.2. The molecule has 1 N–H and O–H groups in total. The second kappa shape index (κ2) is 6.29. The second-order valence-electron chi connectivity index (χ2n) is 5.09. The fourth-order valence-electron chi connectivity index (χ4n) is 2.31. The predicted octanol–water partition coefficient (Wildman–Crippen LogP) is 4.52. The van der Waals surface area contributed by atoms with Crippen molar-refractivity contribution in [3.05, 3.63) is 34.8 Å². The van der Waals surface area contributed by atoms with E-state index in [0.29, 0.717) is 0 Å². The molecule has 1 aromatic carbocycles. The molecule has 0 radical (unpaired) electrons. The maximum Gasteiger partial charge on any atom is 0.123 e. The Morgan fingerprint density at radius 3 is 2.65 bits per heavy atom. The maximum absolute atomic E-state index is 4.91. The molecule has 0 spiro atoms. The fourth-order valence-corrected chi connectivity index (χ4v) is 4.14. The van der Waals surface area contributed by atoms with Gasteiger partial charge >= 0.3 is 0 Å². The van der Waals surface area contributed by atoms with Crippen molar-refractivity contribution in [2.75, 3.05) is 12.8 Å². The van der Waals surface area contributed by atoms with Crippen LogP contribution in [0.5, 0.6) is 0 Å². The van der Waals surface area contributed by atoms with E-state index < -0.39 is 0 Å².